The standard InChI is InChI=1S/C15H12O4/c1-18-9-6-7-13-11(8-9)14(15(16)17)10-4-2-3-5-12(10)19-13/h2-8,14H,1H3,(H,16,17)/t14-/m1/s1. The first-order valence-electron chi connectivity index (χ1n) is 5.88. The van der Waals surface area contributed by atoms with Crippen molar-refractivity contribution in [2.45, 2.75) is 5.92 Å². The van der Waals surface area contributed by atoms with Gasteiger partial charge in [-0.1, -0.05) is 18.2 Å². The summed E-state index contributed by atoms with van der Waals surface area (Å²) in [7, 11) is 1.55. The Bertz CT molecular complexity index is 648. The van der Waals surface area contributed by atoms with E-state index in [1.807, 2.05) is 12.1 Å². The molecule has 0 saturated carbocycles. The number of ether oxygens (including phenoxy) is 2. The van der Waals surface area contributed by atoms with Crippen LogP contribution in [0, 0.1) is 0 Å². The van der Waals surface area contributed by atoms with Crippen molar-refractivity contribution in [3.8, 4) is 17.2 Å². The van der Waals surface area contributed by atoms with Crippen LogP contribution < -0.4 is 9.47 Å². The van der Waals surface area contributed by atoms with Crippen LogP contribution in [0.15, 0.2) is 42.5 Å². The molecule has 0 spiro atoms. The lowest BCUT2D eigenvalue weighted by molar-refractivity contribution is -0.137. The van der Waals surface area contributed by atoms with Crippen molar-refractivity contribution < 1.29 is 19.4 Å². The molecule has 0 aromatic heterocycles. The third-order valence-corrected chi connectivity index (χ3v) is 3.22. The van der Waals surface area contributed by atoms with Crippen LogP contribution in [0.25, 0.3) is 0 Å². The lowest BCUT2D eigenvalue weighted by atomic mass is 9.88. The summed E-state index contributed by atoms with van der Waals surface area (Å²) in [5.74, 6) is 0.146. The molecule has 1 aliphatic heterocycles. The zero-order valence-corrected chi connectivity index (χ0v) is 10.3. The number of rotatable bonds is 2. The van der Waals surface area contributed by atoms with Gasteiger partial charge in [0.25, 0.3) is 0 Å². The van der Waals surface area contributed by atoms with Gasteiger partial charge in [0.05, 0.1) is 7.11 Å². The highest BCUT2D eigenvalue weighted by molar-refractivity contribution is 5.84. The van der Waals surface area contributed by atoms with E-state index in [0.29, 0.717) is 28.4 Å². The van der Waals surface area contributed by atoms with Gasteiger partial charge in [-0.15, -0.1) is 0 Å². The third kappa shape index (κ3) is 1.81. The van der Waals surface area contributed by atoms with Crippen LogP contribution in [-0.4, -0.2) is 18.2 Å². The van der Waals surface area contributed by atoms with Gasteiger partial charge in [0.15, 0.2) is 0 Å². The van der Waals surface area contributed by atoms with E-state index in [0.717, 1.165) is 0 Å². The van der Waals surface area contributed by atoms with Crippen molar-refractivity contribution in [2.24, 2.45) is 0 Å². The minimum absolute atomic E-state index is 0.562. The van der Waals surface area contributed by atoms with E-state index in [1.165, 1.54) is 0 Å². The predicted molar refractivity (Wildman–Crippen MR) is 69.0 cm³/mol. The average Bonchev–Trinajstić information content (AvgIpc) is 2.43. The van der Waals surface area contributed by atoms with Crippen molar-refractivity contribution >= 4 is 5.97 Å². The highest BCUT2D eigenvalue weighted by atomic mass is 16.5. The van der Waals surface area contributed by atoms with Crippen molar-refractivity contribution in [3.05, 3.63) is 53.6 Å². The SMILES string of the molecule is COc1ccc2c(c1)[C@H](C(=O)O)c1ccccc1O2. The molecule has 2 aromatic carbocycles. The highest BCUT2D eigenvalue weighted by Crippen LogP contribution is 2.45. The molecule has 4 heteroatoms. The first-order chi connectivity index (χ1) is 9.20. The molecule has 0 radical (unpaired) electrons. The lowest BCUT2D eigenvalue weighted by Gasteiger charge is -2.25. The number of para-hydroxylation sites is 1. The Kier molecular flexibility index (Phi) is 2.63. The van der Waals surface area contributed by atoms with Crippen LogP contribution in [-0.2, 0) is 4.79 Å². The van der Waals surface area contributed by atoms with Gasteiger partial charge >= 0.3 is 5.97 Å². The van der Waals surface area contributed by atoms with E-state index in [9.17, 15) is 9.90 Å². The molecule has 1 N–H and O–H groups in total. The topological polar surface area (TPSA) is 55.8 Å². The molecule has 4 nitrogen and oxygen atoms in total. The molecule has 1 atom stereocenters. The second-order valence-corrected chi connectivity index (χ2v) is 4.31. The second kappa shape index (κ2) is 4.31. The Morgan fingerprint density at radius 1 is 1.16 bits per heavy atom. The van der Waals surface area contributed by atoms with Gasteiger partial charge in [-0.2, -0.15) is 0 Å². The van der Waals surface area contributed by atoms with Crippen LogP contribution >= 0.6 is 0 Å². The molecule has 96 valence electrons. The fraction of sp³-hybridized carbons (Fsp3) is 0.133. The van der Waals surface area contributed by atoms with Gasteiger partial charge in [-0.3, -0.25) is 4.79 Å². The Hall–Kier alpha value is -2.49. The minimum atomic E-state index is -0.898. The Balaban J connectivity index is 2.21. The van der Waals surface area contributed by atoms with Crippen LogP contribution in [0.1, 0.15) is 17.0 Å². The molecule has 2 aromatic rings. The first-order valence-corrected chi connectivity index (χ1v) is 5.88. The Morgan fingerprint density at radius 3 is 2.63 bits per heavy atom. The molecule has 0 unspecified atom stereocenters. The number of benzene rings is 2. The molecule has 19 heavy (non-hydrogen) atoms. The zero-order valence-electron chi connectivity index (χ0n) is 10.3. The summed E-state index contributed by atoms with van der Waals surface area (Å²) in [5.41, 5.74) is 1.28. The maximum Gasteiger partial charge on any atom is 0.315 e. The number of carboxylic acid groups (broad SMARTS) is 1. The van der Waals surface area contributed by atoms with Gasteiger partial charge in [0.1, 0.15) is 23.2 Å². The third-order valence-electron chi connectivity index (χ3n) is 3.22. The fourth-order valence-electron chi connectivity index (χ4n) is 2.34. The van der Waals surface area contributed by atoms with Crippen LogP contribution in [0.2, 0.25) is 0 Å². The maximum absolute atomic E-state index is 11.6. The number of aliphatic carboxylic acids is 1. The molecule has 1 aliphatic rings. The van der Waals surface area contributed by atoms with Gasteiger partial charge in [0.2, 0.25) is 0 Å². The summed E-state index contributed by atoms with van der Waals surface area (Å²) in [5, 5.41) is 9.50. The molecular formula is C15H12O4. The maximum atomic E-state index is 11.6. The number of fused-ring (bicyclic) bond motifs is 2. The van der Waals surface area contributed by atoms with E-state index < -0.39 is 11.9 Å². The van der Waals surface area contributed by atoms with Crippen molar-refractivity contribution in [1.82, 2.24) is 0 Å². The molecule has 0 fully saturated rings. The molecular weight excluding hydrogens is 244 g/mol. The predicted octanol–water partition coefficient (Wildman–Crippen LogP) is 3.02. The van der Waals surface area contributed by atoms with Crippen LogP contribution in [0.3, 0.4) is 0 Å². The summed E-state index contributed by atoms with van der Waals surface area (Å²) >= 11 is 0. The number of hydrogen-bond donors (Lipinski definition) is 1. The van der Waals surface area contributed by atoms with Gasteiger partial charge in [-0.25, -0.2) is 0 Å². The fourth-order valence-corrected chi connectivity index (χ4v) is 2.34. The van der Waals surface area contributed by atoms with Crippen molar-refractivity contribution in [1.29, 1.82) is 0 Å². The number of carbonyl (C=O) groups is 1. The quantitative estimate of drug-likeness (QED) is 0.897. The largest absolute Gasteiger partial charge is 0.497 e. The van der Waals surface area contributed by atoms with Crippen molar-refractivity contribution in [2.75, 3.05) is 7.11 Å². The number of hydrogen-bond acceptors (Lipinski definition) is 3. The van der Waals surface area contributed by atoms with E-state index in [1.54, 1.807) is 37.4 Å². The molecule has 0 saturated heterocycles. The van der Waals surface area contributed by atoms with E-state index in [2.05, 4.69) is 0 Å². The summed E-state index contributed by atoms with van der Waals surface area (Å²) in [6.45, 7) is 0. The van der Waals surface area contributed by atoms with E-state index >= 15 is 0 Å². The van der Waals surface area contributed by atoms with Crippen LogP contribution in [0.5, 0.6) is 17.2 Å². The average molecular weight is 256 g/mol. The van der Waals surface area contributed by atoms with Crippen molar-refractivity contribution in [3.63, 3.8) is 0 Å². The molecule has 0 amide bonds. The van der Waals surface area contributed by atoms with Gasteiger partial charge in [0, 0.05) is 11.1 Å². The highest BCUT2D eigenvalue weighted by Gasteiger charge is 2.32. The summed E-state index contributed by atoms with van der Waals surface area (Å²) in [4.78, 5) is 11.6. The second-order valence-electron chi connectivity index (χ2n) is 4.31. The molecule has 0 bridgehead atoms. The normalized spacial score (nSPS) is 15.9. The smallest absolute Gasteiger partial charge is 0.315 e. The summed E-state index contributed by atoms with van der Waals surface area (Å²) in [6.07, 6.45) is 0. The molecule has 1 heterocycles. The molecule has 3 rings (SSSR count). The summed E-state index contributed by atoms with van der Waals surface area (Å²) in [6, 6.07) is 12.4. The van der Waals surface area contributed by atoms with E-state index in [4.69, 9.17) is 9.47 Å². The number of methoxy groups -OCH3 is 1. The molecule has 0 aliphatic carbocycles. The Morgan fingerprint density at radius 2 is 1.89 bits per heavy atom. The minimum Gasteiger partial charge on any atom is -0.497 e. The lowest BCUT2D eigenvalue weighted by Crippen LogP contribution is -2.18. The summed E-state index contributed by atoms with van der Waals surface area (Å²) < 4.78 is 10.9. The van der Waals surface area contributed by atoms with Gasteiger partial charge < -0.3 is 14.6 Å². The van der Waals surface area contributed by atoms with Gasteiger partial charge in [-0.05, 0) is 24.3 Å². The number of carboxylic acids is 1. The van der Waals surface area contributed by atoms with Crippen LogP contribution in [0.4, 0.5) is 0 Å². The van der Waals surface area contributed by atoms with E-state index in [-0.39, 0.29) is 0 Å². The first kappa shape index (κ1) is 11.6. The zero-order chi connectivity index (χ0) is 13.4. The Labute approximate surface area is 110 Å². The monoisotopic (exact) mass is 256 g/mol.